The second kappa shape index (κ2) is 5.80. The summed E-state index contributed by atoms with van der Waals surface area (Å²) in [5.41, 5.74) is 7.27. The molecule has 0 spiro atoms. The Morgan fingerprint density at radius 1 is 1.56 bits per heavy atom. The first-order valence-electron chi connectivity index (χ1n) is 5.36. The lowest BCUT2D eigenvalue weighted by Gasteiger charge is -2.11. The Labute approximate surface area is 101 Å². The third kappa shape index (κ3) is 3.17. The van der Waals surface area contributed by atoms with Gasteiger partial charge in [-0.15, -0.1) is 11.8 Å². The van der Waals surface area contributed by atoms with Gasteiger partial charge >= 0.3 is 0 Å². The van der Waals surface area contributed by atoms with E-state index in [1.807, 2.05) is 6.07 Å². The summed E-state index contributed by atoms with van der Waals surface area (Å²) in [5.74, 6) is -0.0778. The number of carbonyl (C=O) groups excluding carboxylic acids is 1. The molecular formula is C12H18N2OS. The number of carbonyl (C=O) groups is 1. The molecule has 16 heavy (non-hydrogen) atoms. The van der Waals surface area contributed by atoms with E-state index in [-0.39, 0.29) is 5.91 Å². The van der Waals surface area contributed by atoms with Gasteiger partial charge in [0.2, 0.25) is 0 Å². The number of rotatable bonds is 4. The molecule has 88 valence electrons. The average Bonchev–Trinajstić information content (AvgIpc) is 2.30. The summed E-state index contributed by atoms with van der Waals surface area (Å²) < 4.78 is 0. The molecule has 0 heterocycles. The maximum Gasteiger partial charge on any atom is 0.251 e. The van der Waals surface area contributed by atoms with E-state index in [0.717, 1.165) is 17.0 Å². The molecular weight excluding hydrogens is 220 g/mol. The van der Waals surface area contributed by atoms with Crippen molar-refractivity contribution >= 4 is 23.4 Å². The first-order valence-corrected chi connectivity index (χ1v) is 6.24. The number of anilines is 1. The van der Waals surface area contributed by atoms with Crippen LogP contribution in [0.5, 0.6) is 0 Å². The van der Waals surface area contributed by atoms with Crippen LogP contribution in [0.1, 0.15) is 30.6 Å². The number of nitrogens with two attached hydrogens (primary N) is 1. The summed E-state index contributed by atoms with van der Waals surface area (Å²) in [6, 6.07) is 5.38. The van der Waals surface area contributed by atoms with Crippen LogP contribution in [0.25, 0.3) is 0 Å². The van der Waals surface area contributed by atoms with E-state index in [1.54, 1.807) is 30.9 Å². The lowest BCUT2D eigenvalue weighted by Crippen LogP contribution is -2.17. The average molecular weight is 238 g/mol. The van der Waals surface area contributed by atoms with Gasteiger partial charge < -0.3 is 11.1 Å². The normalized spacial score (nSPS) is 12.2. The van der Waals surface area contributed by atoms with Crippen LogP contribution in [0.4, 0.5) is 5.69 Å². The van der Waals surface area contributed by atoms with Gasteiger partial charge in [-0.1, -0.05) is 13.8 Å². The number of benzene rings is 1. The van der Waals surface area contributed by atoms with Gasteiger partial charge in [0.15, 0.2) is 0 Å². The van der Waals surface area contributed by atoms with Crippen LogP contribution in [0.3, 0.4) is 0 Å². The van der Waals surface area contributed by atoms with Crippen molar-refractivity contribution in [3.8, 4) is 0 Å². The second-order valence-corrected chi connectivity index (χ2v) is 5.15. The minimum absolute atomic E-state index is 0.0778. The number of hydrogen-bond acceptors (Lipinski definition) is 3. The summed E-state index contributed by atoms with van der Waals surface area (Å²) in [7, 11) is 1.63. The molecule has 0 saturated carbocycles. The monoisotopic (exact) mass is 238 g/mol. The zero-order chi connectivity index (χ0) is 12.1. The van der Waals surface area contributed by atoms with Crippen molar-refractivity contribution < 1.29 is 4.79 Å². The van der Waals surface area contributed by atoms with Gasteiger partial charge in [-0.25, -0.2) is 0 Å². The Bertz CT molecular complexity index is 379. The Kier molecular flexibility index (Phi) is 4.68. The van der Waals surface area contributed by atoms with Gasteiger partial charge in [-0.2, -0.15) is 0 Å². The summed E-state index contributed by atoms with van der Waals surface area (Å²) in [6.07, 6.45) is 1.08. The first-order chi connectivity index (χ1) is 7.58. The SMILES string of the molecule is CCC(C)Sc1cc(C(=O)NC)ccc1N. The molecule has 0 aliphatic rings. The molecule has 1 amide bonds. The first kappa shape index (κ1) is 12.9. The Balaban J connectivity index is 2.94. The van der Waals surface area contributed by atoms with Crippen LogP contribution in [0, 0.1) is 0 Å². The third-order valence-corrected chi connectivity index (χ3v) is 3.75. The summed E-state index contributed by atoms with van der Waals surface area (Å²) in [4.78, 5) is 12.5. The largest absolute Gasteiger partial charge is 0.398 e. The highest BCUT2D eigenvalue weighted by Gasteiger charge is 2.09. The molecule has 3 nitrogen and oxygen atoms in total. The maximum absolute atomic E-state index is 11.5. The highest BCUT2D eigenvalue weighted by Crippen LogP contribution is 2.30. The second-order valence-electron chi connectivity index (χ2n) is 3.67. The zero-order valence-electron chi connectivity index (χ0n) is 9.91. The van der Waals surface area contributed by atoms with Gasteiger partial charge in [-0.3, -0.25) is 4.79 Å². The third-order valence-electron chi connectivity index (χ3n) is 2.41. The van der Waals surface area contributed by atoms with Gasteiger partial charge in [0, 0.05) is 28.4 Å². The molecule has 1 atom stereocenters. The van der Waals surface area contributed by atoms with Crippen molar-refractivity contribution in [1.29, 1.82) is 0 Å². The number of hydrogen-bond donors (Lipinski definition) is 2. The standard InChI is InChI=1S/C12H18N2OS/c1-4-8(2)16-11-7-9(12(15)14-3)5-6-10(11)13/h5-8H,4,13H2,1-3H3,(H,14,15). The predicted molar refractivity (Wildman–Crippen MR) is 69.9 cm³/mol. The smallest absolute Gasteiger partial charge is 0.251 e. The van der Waals surface area contributed by atoms with Crippen LogP contribution in [-0.4, -0.2) is 18.2 Å². The van der Waals surface area contributed by atoms with E-state index < -0.39 is 0 Å². The van der Waals surface area contributed by atoms with Gasteiger partial charge in [0.1, 0.15) is 0 Å². The maximum atomic E-state index is 11.5. The molecule has 1 aromatic rings. The number of nitrogens with one attached hydrogen (secondary N) is 1. The van der Waals surface area contributed by atoms with Crippen LogP contribution in [0.2, 0.25) is 0 Å². The van der Waals surface area contributed by atoms with Crippen molar-refractivity contribution in [1.82, 2.24) is 5.32 Å². The lowest BCUT2D eigenvalue weighted by molar-refractivity contribution is 0.0963. The molecule has 0 aromatic heterocycles. The fourth-order valence-corrected chi connectivity index (χ4v) is 2.22. The molecule has 1 aromatic carbocycles. The molecule has 0 fully saturated rings. The number of nitrogen functional groups attached to an aromatic ring is 1. The number of thioether (sulfide) groups is 1. The molecule has 1 rings (SSSR count). The number of amides is 1. The van der Waals surface area contributed by atoms with Crippen molar-refractivity contribution in [3.63, 3.8) is 0 Å². The van der Waals surface area contributed by atoms with E-state index in [4.69, 9.17) is 5.73 Å². The Hall–Kier alpha value is -1.16. The molecule has 0 radical (unpaired) electrons. The summed E-state index contributed by atoms with van der Waals surface area (Å²) in [6.45, 7) is 4.28. The highest BCUT2D eigenvalue weighted by molar-refractivity contribution is 8.00. The zero-order valence-corrected chi connectivity index (χ0v) is 10.7. The molecule has 0 saturated heterocycles. The fourth-order valence-electron chi connectivity index (χ4n) is 1.22. The minimum atomic E-state index is -0.0778. The summed E-state index contributed by atoms with van der Waals surface area (Å²) >= 11 is 1.71. The van der Waals surface area contributed by atoms with Gasteiger partial charge in [0.05, 0.1) is 0 Å². The quantitative estimate of drug-likeness (QED) is 0.626. The predicted octanol–water partition coefficient (Wildman–Crippen LogP) is 2.52. The minimum Gasteiger partial charge on any atom is -0.398 e. The van der Waals surface area contributed by atoms with E-state index in [1.165, 1.54) is 0 Å². The van der Waals surface area contributed by atoms with E-state index >= 15 is 0 Å². The van der Waals surface area contributed by atoms with Gasteiger partial charge in [0.25, 0.3) is 5.91 Å². The van der Waals surface area contributed by atoms with Crippen molar-refractivity contribution in [2.24, 2.45) is 0 Å². The van der Waals surface area contributed by atoms with Crippen molar-refractivity contribution in [2.75, 3.05) is 12.8 Å². The fraction of sp³-hybridized carbons (Fsp3) is 0.417. The van der Waals surface area contributed by atoms with E-state index in [2.05, 4.69) is 19.2 Å². The highest BCUT2D eigenvalue weighted by atomic mass is 32.2. The Morgan fingerprint density at radius 2 is 2.25 bits per heavy atom. The van der Waals surface area contributed by atoms with Crippen LogP contribution < -0.4 is 11.1 Å². The van der Waals surface area contributed by atoms with Crippen molar-refractivity contribution in [2.45, 2.75) is 30.4 Å². The van der Waals surface area contributed by atoms with Crippen LogP contribution in [0.15, 0.2) is 23.1 Å². The molecule has 4 heteroatoms. The lowest BCUT2D eigenvalue weighted by atomic mass is 10.2. The van der Waals surface area contributed by atoms with E-state index in [0.29, 0.717) is 10.8 Å². The topological polar surface area (TPSA) is 55.1 Å². The molecule has 1 unspecified atom stereocenters. The molecule has 0 aliphatic carbocycles. The van der Waals surface area contributed by atoms with Crippen molar-refractivity contribution in [3.05, 3.63) is 23.8 Å². The van der Waals surface area contributed by atoms with Crippen LogP contribution in [-0.2, 0) is 0 Å². The van der Waals surface area contributed by atoms with Crippen LogP contribution >= 0.6 is 11.8 Å². The summed E-state index contributed by atoms with van der Waals surface area (Å²) in [5, 5.41) is 3.11. The van der Waals surface area contributed by atoms with E-state index in [9.17, 15) is 4.79 Å². The molecule has 3 N–H and O–H groups in total. The molecule has 0 bridgehead atoms. The van der Waals surface area contributed by atoms with Gasteiger partial charge in [-0.05, 0) is 24.6 Å². The molecule has 0 aliphatic heterocycles. The Morgan fingerprint density at radius 3 is 2.81 bits per heavy atom.